The molecular weight excluding hydrogens is 262 g/mol. The van der Waals surface area contributed by atoms with E-state index < -0.39 is 16.1 Å². The van der Waals surface area contributed by atoms with Crippen LogP contribution in [0.25, 0.3) is 0 Å². The number of nitrogens with zero attached hydrogens (tertiary/aromatic N) is 1. The number of aryl methyl sites for hydroxylation is 2. The number of sulfonamides is 1. The summed E-state index contributed by atoms with van der Waals surface area (Å²) in [5.41, 5.74) is 3.49. The van der Waals surface area contributed by atoms with E-state index in [4.69, 9.17) is 0 Å². The van der Waals surface area contributed by atoms with Gasteiger partial charge in [0.1, 0.15) is 0 Å². The van der Waals surface area contributed by atoms with Gasteiger partial charge in [-0.05, 0) is 56.9 Å². The predicted molar refractivity (Wildman–Crippen MR) is 76.9 cm³/mol. The quantitative estimate of drug-likeness (QED) is 0.919. The maximum Gasteiger partial charge on any atom is 0.243 e. The molecule has 0 radical (unpaired) electrons. The summed E-state index contributed by atoms with van der Waals surface area (Å²) in [5, 5.41) is 9.37. The zero-order chi connectivity index (χ0) is 15.0. The molecule has 0 aliphatic rings. The van der Waals surface area contributed by atoms with Gasteiger partial charge in [-0.2, -0.15) is 4.31 Å². The van der Waals surface area contributed by atoms with Crippen LogP contribution in [0.2, 0.25) is 0 Å². The number of hydrogen-bond donors (Lipinski definition) is 1. The lowest BCUT2D eigenvalue weighted by Gasteiger charge is -2.22. The average molecular weight is 285 g/mol. The normalized spacial score (nSPS) is 13.9. The highest BCUT2D eigenvalue weighted by Crippen LogP contribution is 2.28. The van der Waals surface area contributed by atoms with Gasteiger partial charge in [0.15, 0.2) is 0 Å². The number of benzene rings is 1. The third-order valence-electron chi connectivity index (χ3n) is 3.49. The SMILES string of the molecule is Cc1cc(C)c(C)c(S(=O)(=O)N(C)CC(C)O)c1C. The first-order chi connectivity index (χ1) is 8.59. The van der Waals surface area contributed by atoms with Crippen molar-refractivity contribution in [1.29, 1.82) is 0 Å². The van der Waals surface area contributed by atoms with E-state index in [9.17, 15) is 13.5 Å². The molecule has 1 aromatic rings. The van der Waals surface area contributed by atoms with Gasteiger partial charge in [0, 0.05) is 13.6 Å². The molecule has 0 saturated carbocycles. The molecule has 1 N–H and O–H groups in total. The number of hydrogen-bond acceptors (Lipinski definition) is 3. The number of rotatable bonds is 4. The maximum absolute atomic E-state index is 12.6. The van der Waals surface area contributed by atoms with Gasteiger partial charge < -0.3 is 5.11 Å². The molecule has 0 saturated heterocycles. The molecule has 19 heavy (non-hydrogen) atoms. The lowest BCUT2D eigenvalue weighted by molar-refractivity contribution is 0.171. The molecule has 108 valence electrons. The average Bonchev–Trinajstić information content (AvgIpc) is 2.25. The fourth-order valence-corrected chi connectivity index (χ4v) is 4.01. The van der Waals surface area contributed by atoms with Crippen LogP contribution in [0, 0.1) is 27.7 Å². The summed E-state index contributed by atoms with van der Waals surface area (Å²) in [4.78, 5) is 0.369. The minimum Gasteiger partial charge on any atom is -0.392 e. The topological polar surface area (TPSA) is 57.6 Å². The monoisotopic (exact) mass is 285 g/mol. The molecule has 0 aliphatic carbocycles. The van der Waals surface area contributed by atoms with E-state index in [1.807, 2.05) is 33.8 Å². The molecule has 4 nitrogen and oxygen atoms in total. The fourth-order valence-electron chi connectivity index (χ4n) is 2.19. The summed E-state index contributed by atoms with van der Waals surface area (Å²) in [5.74, 6) is 0. The standard InChI is InChI=1S/C14H23NO3S/c1-9-7-10(2)13(5)14(12(9)4)19(17,18)15(6)8-11(3)16/h7,11,16H,8H2,1-6H3. The van der Waals surface area contributed by atoms with Crippen molar-refractivity contribution in [3.8, 4) is 0 Å². The van der Waals surface area contributed by atoms with E-state index in [0.717, 1.165) is 22.3 Å². The Morgan fingerprint density at radius 2 is 1.58 bits per heavy atom. The van der Waals surface area contributed by atoms with Crippen molar-refractivity contribution in [3.63, 3.8) is 0 Å². The van der Waals surface area contributed by atoms with Crippen molar-refractivity contribution in [2.45, 2.75) is 45.6 Å². The Bertz CT molecular complexity index is 551. The smallest absolute Gasteiger partial charge is 0.243 e. The van der Waals surface area contributed by atoms with E-state index in [-0.39, 0.29) is 6.54 Å². The van der Waals surface area contributed by atoms with Gasteiger partial charge in [0.25, 0.3) is 0 Å². The molecular formula is C14H23NO3S. The fraction of sp³-hybridized carbons (Fsp3) is 0.571. The molecule has 1 atom stereocenters. The summed E-state index contributed by atoms with van der Waals surface area (Å²) in [6, 6.07) is 2.00. The molecule has 0 spiro atoms. The van der Waals surface area contributed by atoms with Crippen LogP contribution in [-0.4, -0.2) is 37.5 Å². The second kappa shape index (κ2) is 5.61. The zero-order valence-electron chi connectivity index (χ0n) is 12.5. The Labute approximate surface area is 116 Å². The molecule has 0 heterocycles. The van der Waals surface area contributed by atoms with E-state index in [2.05, 4.69) is 0 Å². The Morgan fingerprint density at radius 3 is 1.95 bits per heavy atom. The number of aliphatic hydroxyl groups excluding tert-OH is 1. The second-order valence-electron chi connectivity index (χ2n) is 5.22. The highest BCUT2D eigenvalue weighted by Gasteiger charge is 2.27. The van der Waals surface area contributed by atoms with Crippen molar-refractivity contribution in [2.24, 2.45) is 0 Å². The van der Waals surface area contributed by atoms with Crippen molar-refractivity contribution in [2.75, 3.05) is 13.6 Å². The molecule has 1 rings (SSSR count). The summed E-state index contributed by atoms with van der Waals surface area (Å²) in [6.45, 7) is 9.14. The Kier molecular flexibility index (Phi) is 4.76. The largest absolute Gasteiger partial charge is 0.392 e. The van der Waals surface area contributed by atoms with Crippen LogP contribution in [0.4, 0.5) is 0 Å². The first-order valence-corrected chi connectivity index (χ1v) is 7.74. The van der Waals surface area contributed by atoms with Crippen LogP contribution in [-0.2, 0) is 10.0 Å². The molecule has 1 aromatic carbocycles. The third-order valence-corrected chi connectivity index (χ3v) is 5.58. The van der Waals surface area contributed by atoms with Gasteiger partial charge in [0.2, 0.25) is 10.0 Å². The Morgan fingerprint density at radius 1 is 1.16 bits per heavy atom. The van der Waals surface area contributed by atoms with Gasteiger partial charge in [-0.15, -0.1) is 0 Å². The highest BCUT2D eigenvalue weighted by molar-refractivity contribution is 7.89. The minimum atomic E-state index is -3.57. The number of likely N-dealkylation sites (N-methyl/N-ethyl adjacent to an activating group) is 1. The van der Waals surface area contributed by atoms with Crippen molar-refractivity contribution in [3.05, 3.63) is 28.3 Å². The van der Waals surface area contributed by atoms with E-state index >= 15 is 0 Å². The molecule has 1 unspecified atom stereocenters. The molecule has 5 heteroatoms. The molecule has 0 fully saturated rings. The second-order valence-corrected chi connectivity index (χ2v) is 7.21. The van der Waals surface area contributed by atoms with Crippen LogP contribution in [0.15, 0.2) is 11.0 Å². The summed E-state index contributed by atoms with van der Waals surface area (Å²) < 4.78 is 26.5. The van der Waals surface area contributed by atoms with Gasteiger partial charge in [-0.3, -0.25) is 0 Å². The first kappa shape index (κ1) is 16.1. The first-order valence-electron chi connectivity index (χ1n) is 6.30. The van der Waals surface area contributed by atoms with Crippen LogP contribution in [0.5, 0.6) is 0 Å². The zero-order valence-corrected chi connectivity index (χ0v) is 13.3. The van der Waals surface area contributed by atoms with E-state index in [0.29, 0.717) is 4.90 Å². The highest BCUT2D eigenvalue weighted by atomic mass is 32.2. The molecule has 0 aromatic heterocycles. The van der Waals surface area contributed by atoms with Crippen LogP contribution < -0.4 is 0 Å². The Hall–Kier alpha value is -0.910. The van der Waals surface area contributed by atoms with Crippen LogP contribution in [0.3, 0.4) is 0 Å². The Balaban J connectivity index is 3.45. The van der Waals surface area contributed by atoms with Gasteiger partial charge in [-0.1, -0.05) is 6.07 Å². The summed E-state index contributed by atoms with van der Waals surface area (Å²) >= 11 is 0. The van der Waals surface area contributed by atoms with Crippen molar-refractivity contribution < 1.29 is 13.5 Å². The molecule has 0 aliphatic heterocycles. The predicted octanol–water partition coefficient (Wildman–Crippen LogP) is 1.92. The third kappa shape index (κ3) is 3.16. The maximum atomic E-state index is 12.6. The van der Waals surface area contributed by atoms with Crippen LogP contribution >= 0.6 is 0 Å². The van der Waals surface area contributed by atoms with Gasteiger partial charge in [0.05, 0.1) is 11.0 Å². The van der Waals surface area contributed by atoms with Crippen molar-refractivity contribution >= 4 is 10.0 Å². The van der Waals surface area contributed by atoms with Gasteiger partial charge >= 0.3 is 0 Å². The summed E-state index contributed by atoms with van der Waals surface area (Å²) in [7, 11) is -2.07. The molecule has 0 bridgehead atoms. The molecule has 0 amide bonds. The number of aliphatic hydroxyl groups is 1. The van der Waals surface area contributed by atoms with Crippen LogP contribution in [0.1, 0.15) is 29.2 Å². The van der Waals surface area contributed by atoms with Crippen molar-refractivity contribution in [1.82, 2.24) is 4.31 Å². The van der Waals surface area contributed by atoms with Gasteiger partial charge in [-0.25, -0.2) is 8.42 Å². The lowest BCUT2D eigenvalue weighted by atomic mass is 10.0. The lowest BCUT2D eigenvalue weighted by Crippen LogP contribution is -2.34. The van der Waals surface area contributed by atoms with E-state index in [1.165, 1.54) is 11.4 Å². The van der Waals surface area contributed by atoms with E-state index in [1.54, 1.807) is 6.92 Å². The summed E-state index contributed by atoms with van der Waals surface area (Å²) in [6.07, 6.45) is -0.689. The minimum absolute atomic E-state index is 0.0915.